The number of benzene rings is 2. The van der Waals surface area contributed by atoms with E-state index in [-0.39, 0.29) is 5.91 Å². The van der Waals surface area contributed by atoms with Gasteiger partial charge in [-0.2, -0.15) is 0 Å². The lowest BCUT2D eigenvalue weighted by Gasteiger charge is -2.37. The summed E-state index contributed by atoms with van der Waals surface area (Å²) in [6.45, 7) is 3.51. The Kier molecular flexibility index (Phi) is 5.43. The molecule has 0 aromatic heterocycles. The van der Waals surface area contributed by atoms with Gasteiger partial charge in [-0.3, -0.25) is 4.79 Å². The molecule has 1 aliphatic heterocycles. The molecule has 0 saturated carbocycles. The van der Waals surface area contributed by atoms with Gasteiger partial charge in [0.25, 0.3) is 0 Å². The van der Waals surface area contributed by atoms with Crippen molar-refractivity contribution in [2.75, 3.05) is 56.7 Å². The predicted molar refractivity (Wildman–Crippen MR) is 101 cm³/mol. The fraction of sp³-hybridized carbons (Fsp3) is 0.350. The number of hydrogen-bond donors (Lipinski definition) is 0. The zero-order valence-electron chi connectivity index (χ0n) is 14.9. The number of amides is 1. The van der Waals surface area contributed by atoms with Crippen LogP contribution < -0.4 is 14.5 Å². The molecule has 0 aliphatic carbocycles. The van der Waals surface area contributed by atoms with Crippen molar-refractivity contribution < 1.29 is 9.53 Å². The van der Waals surface area contributed by atoms with Gasteiger partial charge in [0, 0.05) is 38.9 Å². The molecule has 2 aromatic rings. The van der Waals surface area contributed by atoms with Crippen molar-refractivity contribution in [3.05, 3.63) is 54.6 Å². The average Bonchev–Trinajstić information content (AvgIpc) is 2.68. The highest BCUT2D eigenvalue weighted by molar-refractivity contribution is 5.81. The summed E-state index contributed by atoms with van der Waals surface area (Å²) in [5.74, 6) is 1.05. The van der Waals surface area contributed by atoms with Gasteiger partial charge in [0.05, 0.1) is 19.3 Å². The largest absolute Gasteiger partial charge is 0.495 e. The number of likely N-dealkylation sites (N-methyl/N-ethyl adjacent to an activating group) is 1. The van der Waals surface area contributed by atoms with Crippen LogP contribution in [-0.2, 0) is 4.79 Å². The lowest BCUT2D eigenvalue weighted by atomic mass is 10.2. The standard InChI is InChI=1S/C20H25N3O2/c1-21(17-8-4-3-5-9-17)16-20(24)23-14-12-22(13-15-23)18-10-6-7-11-19(18)25-2/h3-11H,12-16H2,1-2H3. The second-order valence-corrected chi connectivity index (χ2v) is 6.23. The van der Waals surface area contributed by atoms with Gasteiger partial charge in [0.1, 0.15) is 5.75 Å². The van der Waals surface area contributed by atoms with E-state index in [9.17, 15) is 4.79 Å². The molecule has 1 fully saturated rings. The number of hydrogen-bond acceptors (Lipinski definition) is 4. The summed E-state index contributed by atoms with van der Waals surface area (Å²) in [6.07, 6.45) is 0. The van der Waals surface area contributed by atoms with Crippen LogP contribution in [0, 0.1) is 0 Å². The monoisotopic (exact) mass is 339 g/mol. The second kappa shape index (κ2) is 7.92. The van der Waals surface area contributed by atoms with E-state index in [2.05, 4.69) is 11.0 Å². The highest BCUT2D eigenvalue weighted by Gasteiger charge is 2.23. The number of methoxy groups -OCH3 is 1. The number of carbonyl (C=O) groups excluding carboxylic acids is 1. The van der Waals surface area contributed by atoms with Crippen LogP contribution in [0.1, 0.15) is 0 Å². The fourth-order valence-electron chi connectivity index (χ4n) is 3.16. The Hall–Kier alpha value is -2.69. The molecule has 0 spiro atoms. The van der Waals surface area contributed by atoms with Gasteiger partial charge in [0.15, 0.2) is 0 Å². The molecule has 5 nitrogen and oxygen atoms in total. The Morgan fingerprint density at radius 1 is 1.00 bits per heavy atom. The minimum Gasteiger partial charge on any atom is -0.495 e. The first kappa shape index (κ1) is 17.1. The van der Waals surface area contributed by atoms with Gasteiger partial charge in [0.2, 0.25) is 5.91 Å². The van der Waals surface area contributed by atoms with Crippen LogP contribution in [0.5, 0.6) is 5.75 Å². The minimum absolute atomic E-state index is 0.172. The number of para-hydroxylation sites is 3. The molecule has 1 aliphatic rings. The number of rotatable bonds is 5. The molecule has 132 valence electrons. The molecule has 1 heterocycles. The van der Waals surface area contributed by atoms with Gasteiger partial charge >= 0.3 is 0 Å². The van der Waals surface area contributed by atoms with E-state index in [1.807, 2.05) is 65.4 Å². The Balaban J connectivity index is 1.56. The van der Waals surface area contributed by atoms with Crippen molar-refractivity contribution in [2.24, 2.45) is 0 Å². The van der Waals surface area contributed by atoms with E-state index in [0.717, 1.165) is 43.3 Å². The lowest BCUT2D eigenvalue weighted by molar-refractivity contribution is -0.129. The van der Waals surface area contributed by atoms with Crippen molar-refractivity contribution in [2.45, 2.75) is 0 Å². The second-order valence-electron chi connectivity index (χ2n) is 6.23. The van der Waals surface area contributed by atoms with Crippen molar-refractivity contribution in [3.8, 4) is 5.75 Å². The molecule has 0 unspecified atom stereocenters. The third kappa shape index (κ3) is 4.05. The summed E-state index contributed by atoms with van der Waals surface area (Å²) < 4.78 is 5.45. The van der Waals surface area contributed by atoms with Gasteiger partial charge in [-0.05, 0) is 24.3 Å². The molecule has 0 radical (unpaired) electrons. The normalized spacial score (nSPS) is 14.3. The molecular formula is C20H25N3O2. The maximum Gasteiger partial charge on any atom is 0.242 e. The Morgan fingerprint density at radius 2 is 1.64 bits per heavy atom. The van der Waals surface area contributed by atoms with Crippen molar-refractivity contribution in [3.63, 3.8) is 0 Å². The van der Waals surface area contributed by atoms with Crippen molar-refractivity contribution >= 4 is 17.3 Å². The highest BCUT2D eigenvalue weighted by atomic mass is 16.5. The molecule has 1 amide bonds. The summed E-state index contributed by atoms with van der Waals surface area (Å²) in [5, 5.41) is 0. The maximum absolute atomic E-state index is 12.6. The zero-order valence-corrected chi connectivity index (χ0v) is 14.9. The first-order chi connectivity index (χ1) is 12.2. The van der Waals surface area contributed by atoms with E-state index in [1.165, 1.54) is 0 Å². The lowest BCUT2D eigenvalue weighted by Crippen LogP contribution is -2.51. The van der Waals surface area contributed by atoms with Crippen LogP contribution in [0.15, 0.2) is 54.6 Å². The summed E-state index contributed by atoms with van der Waals surface area (Å²) in [4.78, 5) is 18.8. The summed E-state index contributed by atoms with van der Waals surface area (Å²) in [5.41, 5.74) is 2.15. The van der Waals surface area contributed by atoms with Gasteiger partial charge < -0.3 is 19.4 Å². The van der Waals surface area contributed by atoms with Crippen LogP contribution in [0.4, 0.5) is 11.4 Å². The van der Waals surface area contributed by atoms with Gasteiger partial charge in [-0.15, -0.1) is 0 Å². The van der Waals surface area contributed by atoms with Crippen LogP contribution in [0.2, 0.25) is 0 Å². The number of piperazine rings is 1. The smallest absolute Gasteiger partial charge is 0.242 e. The molecule has 2 aromatic carbocycles. The Morgan fingerprint density at radius 3 is 2.32 bits per heavy atom. The summed E-state index contributed by atoms with van der Waals surface area (Å²) >= 11 is 0. The number of anilines is 2. The highest BCUT2D eigenvalue weighted by Crippen LogP contribution is 2.28. The molecular weight excluding hydrogens is 314 g/mol. The number of carbonyl (C=O) groups is 1. The molecule has 1 saturated heterocycles. The first-order valence-electron chi connectivity index (χ1n) is 8.61. The average molecular weight is 339 g/mol. The number of nitrogens with zero attached hydrogens (tertiary/aromatic N) is 3. The van der Waals surface area contributed by atoms with Crippen LogP contribution in [0.25, 0.3) is 0 Å². The molecule has 0 N–H and O–H groups in total. The van der Waals surface area contributed by atoms with E-state index in [4.69, 9.17) is 4.74 Å². The molecule has 3 rings (SSSR count). The van der Waals surface area contributed by atoms with E-state index in [1.54, 1.807) is 7.11 Å². The maximum atomic E-state index is 12.6. The van der Waals surface area contributed by atoms with Gasteiger partial charge in [-0.1, -0.05) is 30.3 Å². The van der Waals surface area contributed by atoms with Gasteiger partial charge in [-0.25, -0.2) is 0 Å². The Bertz CT molecular complexity index is 697. The van der Waals surface area contributed by atoms with E-state index in [0.29, 0.717) is 6.54 Å². The van der Waals surface area contributed by atoms with E-state index >= 15 is 0 Å². The Labute approximate surface area is 149 Å². The predicted octanol–water partition coefficient (Wildman–Crippen LogP) is 2.48. The van der Waals surface area contributed by atoms with Crippen LogP contribution in [-0.4, -0.2) is 57.7 Å². The number of ether oxygens (including phenoxy) is 1. The quantitative estimate of drug-likeness (QED) is 0.838. The first-order valence-corrected chi connectivity index (χ1v) is 8.61. The SMILES string of the molecule is COc1ccccc1N1CCN(C(=O)CN(C)c2ccccc2)CC1. The fourth-order valence-corrected chi connectivity index (χ4v) is 3.16. The van der Waals surface area contributed by atoms with Crippen molar-refractivity contribution in [1.29, 1.82) is 0 Å². The third-order valence-corrected chi connectivity index (χ3v) is 4.63. The summed E-state index contributed by atoms with van der Waals surface area (Å²) in [7, 11) is 3.65. The molecule has 5 heteroatoms. The minimum atomic E-state index is 0.172. The molecule has 25 heavy (non-hydrogen) atoms. The third-order valence-electron chi connectivity index (χ3n) is 4.63. The zero-order chi connectivity index (χ0) is 17.6. The molecule has 0 bridgehead atoms. The van der Waals surface area contributed by atoms with Crippen LogP contribution >= 0.6 is 0 Å². The topological polar surface area (TPSA) is 36.0 Å². The van der Waals surface area contributed by atoms with Crippen molar-refractivity contribution in [1.82, 2.24) is 4.90 Å². The molecule has 0 atom stereocenters. The summed E-state index contributed by atoms with van der Waals surface area (Å²) in [6, 6.07) is 18.0. The van der Waals surface area contributed by atoms with Crippen LogP contribution in [0.3, 0.4) is 0 Å². The van der Waals surface area contributed by atoms with E-state index < -0.39 is 0 Å².